The first-order valence-electron chi connectivity index (χ1n) is 6.50. The molecule has 0 amide bonds. The van der Waals surface area contributed by atoms with E-state index in [1.165, 1.54) is 4.90 Å². The molecule has 0 aliphatic carbocycles. The summed E-state index contributed by atoms with van der Waals surface area (Å²) in [5.74, 6) is -0.362. The largest absolute Gasteiger partial charge is 0.480 e. The molecule has 0 saturated heterocycles. The van der Waals surface area contributed by atoms with E-state index in [1.54, 1.807) is 11.8 Å². The molecule has 1 rings (SSSR count). The Labute approximate surface area is 120 Å². The van der Waals surface area contributed by atoms with Crippen molar-refractivity contribution in [3.8, 4) is 0 Å². The highest BCUT2D eigenvalue weighted by molar-refractivity contribution is 7.98. The molecule has 0 bridgehead atoms. The Bertz CT molecular complexity index is 403. The summed E-state index contributed by atoms with van der Waals surface area (Å²) in [6, 6.07) is 7.87. The fourth-order valence-electron chi connectivity index (χ4n) is 2.04. The van der Waals surface area contributed by atoms with Crippen molar-refractivity contribution in [2.75, 3.05) is 13.3 Å². The molecule has 0 aromatic heterocycles. The minimum atomic E-state index is -0.739. The number of benzene rings is 1. The van der Waals surface area contributed by atoms with Gasteiger partial charge >= 0.3 is 5.97 Å². The van der Waals surface area contributed by atoms with E-state index in [1.807, 2.05) is 18.2 Å². The molecule has 1 atom stereocenters. The second-order valence-electron chi connectivity index (χ2n) is 5.25. The van der Waals surface area contributed by atoms with E-state index in [9.17, 15) is 9.90 Å². The topological polar surface area (TPSA) is 40.5 Å². The Kier molecular flexibility index (Phi) is 6.38. The van der Waals surface area contributed by atoms with Crippen LogP contribution in [0.3, 0.4) is 0 Å². The number of thioether (sulfide) groups is 1. The SMILES string of the molecule is CSc1ccc(CN(C)[C@@H](CC(C)C)C(=O)O)cc1. The molecule has 4 heteroatoms. The van der Waals surface area contributed by atoms with Crippen molar-refractivity contribution in [3.63, 3.8) is 0 Å². The molecule has 1 N–H and O–H groups in total. The summed E-state index contributed by atoms with van der Waals surface area (Å²) < 4.78 is 0. The highest BCUT2D eigenvalue weighted by Crippen LogP contribution is 2.17. The number of hydrogen-bond acceptors (Lipinski definition) is 3. The third-order valence-corrected chi connectivity index (χ3v) is 3.85. The molecule has 0 aliphatic rings. The average molecular weight is 281 g/mol. The Balaban J connectivity index is 2.69. The quantitative estimate of drug-likeness (QED) is 0.778. The summed E-state index contributed by atoms with van der Waals surface area (Å²) in [6.45, 7) is 4.77. The van der Waals surface area contributed by atoms with Crippen LogP contribution in [-0.4, -0.2) is 35.3 Å². The normalized spacial score (nSPS) is 12.9. The Morgan fingerprint density at radius 2 is 1.89 bits per heavy atom. The van der Waals surface area contributed by atoms with Gasteiger partial charge < -0.3 is 5.11 Å². The van der Waals surface area contributed by atoms with Crippen LogP contribution in [-0.2, 0) is 11.3 Å². The van der Waals surface area contributed by atoms with Crippen LogP contribution in [0.4, 0.5) is 0 Å². The highest BCUT2D eigenvalue weighted by Gasteiger charge is 2.23. The van der Waals surface area contributed by atoms with Crippen molar-refractivity contribution in [2.45, 2.75) is 37.8 Å². The molecule has 0 saturated carbocycles. The van der Waals surface area contributed by atoms with Crippen LogP contribution in [0, 0.1) is 5.92 Å². The van der Waals surface area contributed by atoms with Crippen molar-refractivity contribution in [1.29, 1.82) is 0 Å². The monoisotopic (exact) mass is 281 g/mol. The summed E-state index contributed by atoms with van der Waals surface area (Å²) >= 11 is 1.71. The lowest BCUT2D eigenvalue weighted by Gasteiger charge is -2.26. The van der Waals surface area contributed by atoms with Gasteiger partial charge in [0.1, 0.15) is 6.04 Å². The van der Waals surface area contributed by atoms with E-state index in [2.05, 4.69) is 38.1 Å². The Morgan fingerprint density at radius 1 is 1.32 bits per heavy atom. The number of carboxylic acid groups (broad SMARTS) is 1. The summed E-state index contributed by atoms with van der Waals surface area (Å²) in [6.07, 6.45) is 2.72. The van der Waals surface area contributed by atoms with Crippen LogP contribution in [0.15, 0.2) is 29.2 Å². The molecule has 0 radical (unpaired) electrons. The number of aliphatic carboxylic acids is 1. The lowest BCUT2D eigenvalue weighted by atomic mass is 10.0. The van der Waals surface area contributed by atoms with Crippen LogP contribution in [0.1, 0.15) is 25.8 Å². The first-order chi connectivity index (χ1) is 8.93. The lowest BCUT2D eigenvalue weighted by Crippen LogP contribution is -2.39. The van der Waals surface area contributed by atoms with E-state index in [-0.39, 0.29) is 0 Å². The maximum atomic E-state index is 11.3. The van der Waals surface area contributed by atoms with Gasteiger partial charge in [0.15, 0.2) is 0 Å². The maximum Gasteiger partial charge on any atom is 0.320 e. The van der Waals surface area contributed by atoms with Crippen LogP contribution < -0.4 is 0 Å². The number of carbonyl (C=O) groups is 1. The summed E-state index contributed by atoms with van der Waals surface area (Å²) in [5, 5.41) is 9.31. The Hall–Kier alpha value is -1.00. The standard InChI is InChI=1S/C15H23NO2S/c1-11(2)9-14(15(17)18)16(3)10-12-5-7-13(19-4)8-6-12/h5-8,11,14H,9-10H2,1-4H3,(H,17,18)/t14-/m0/s1. The molecule has 1 aromatic carbocycles. The molecule has 0 unspecified atom stereocenters. The molecule has 106 valence electrons. The van der Waals surface area contributed by atoms with Gasteiger partial charge in [-0.15, -0.1) is 11.8 Å². The number of nitrogens with zero attached hydrogens (tertiary/aromatic N) is 1. The van der Waals surface area contributed by atoms with Gasteiger partial charge in [-0.25, -0.2) is 0 Å². The zero-order valence-corrected chi connectivity index (χ0v) is 12.9. The van der Waals surface area contributed by atoms with E-state index < -0.39 is 12.0 Å². The molecule has 3 nitrogen and oxygen atoms in total. The predicted octanol–water partition coefficient (Wildman–Crippen LogP) is 3.34. The van der Waals surface area contributed by atoms with Crippen LogP contribution >= 0.6 is 11.8 Å². The number of likely N-dealkylation sites (N-methyl/N-ethyl adjacent to an activating group) is 1. The third-order valence-electron chi connectivity index (χ3n) is 3.10. The molecule has 1 aromatic rings. The van der Waals surface area contributed by atoms with E-state index in [0.29, 0.717) is 18.9 Å². The molecule has 0 spiro atoms. The molecular formula is C15H23NO2S. The molecule has 0 fully saturated rings. The minimum Gasteiger partial charge on any atom is -0.480 e. The van der Waals surface area contributed by atoms with Gasteiger partial charge in [0.05, 0.1) is 0 Å². The zero-order chi connectivity index (χ0) is 14.4. The van der Waals surface area contributed by atoms with E-state index in [4.69, 9.17) is 0 Å². The van der Waals surface area contributed by atoms with Crippen molar-refractivity contribution in [1.82, 2.24) is 4.90 Å². The fraction of sp³-hybridized carbons (Fsp3) is 0.533. The van der Waals surface area contributed by atoms with Crippen molar-refractivity contribution >= 4 is 17.7 Å². The number of hydrogen-bond donors (Lipinski definition) is 1. The second-order valence-corrected chi connectivity index (χ2v) is 6.13. The van der Waals surface area contributed by atoms with Crippen LogP contribution in [0.25, 0.3) is 0 Å². The van der Waals surface area contributed by atoms with Gasteiger partial charge in [-0.1, -0.05) is 26.0 Å². The summed E-state index contributed by atoms with van der Waals surface area (Å²) in [5.41, 5.74) is 1.15. The first kappa shape index (κ1) is 16.1. The number of carboxylic acids is 1. The molecular weight excluding hydrogens is 258 g/mol. The number of rotatable bonds is 7. The van der Waals surface area contributed by atoms with Gasteiger partial charge in [-0.2, -0.15) is 0 Å². The Morgan fingerprint density at radius 3 is 2.32 bits per heavy atom. The van der Waals surface area contributed by atoms with Crippen molar-refractivity contribution in [2.24, 2.45) is 5.92 Å². The van der Waals surface area contributed by atoms with Gasteiger partial charge in [0.25, 0.3) is 0 Å². The predicted molar refractivity (Wildman–Crippen MR) is 80.6 cm³/mol. The smallest absolute Gasteiger partial charge is 0.320 e. The average Bonchev–Trinajstić information content (AvgIpc) is 2.36. The van der Waals surface area contributed by atoms with E-state index >= 15 is 0 Å². The van der Waals surface area contributed by atoms with Gasteiger partial charge in [0.2, 0.25) is 0 Å². The summed E-state index contributed by atoms with van der Waals surface area (Å²) in [7, 11) is 1.88. The molecule has 19 heavy (non-hydrogen) atoms. The zero-order valence-electron chi connectivity index (χ0n) is 12.1. The van der Waals surface area contributed by atoms with Crippen molar-refractivity contribution < 1.29 is 9.90 Å². The third kappa shape index (κ3) is 5.25. The maximum absolute atomic E-state index is 11.3. The van der Waals surface area contributed by atoms with Gasteiger partial charge in [0, 0.05) is 11.4 Å². The van der Waals surface area contributed by atoms with Crippen LogP contribution in [0.2, 0.25) is 0 Å². The van der Waals surface area contributed by atoms with Crippen LogP contribution in [0.5, 0.6) is 0 Å². The van der Waals surface area contributed by atoms with Crippen molar-refractivity contribution in [3.05, 3.63) is 29.8 Å². The highest BCUT2D eigenvalue weighted by atomic mass is 32.2. The van der Waals surface area contributed by atoms with Gasteiger partial charge in [-0.3, -0.25) is 9.69 Å². The molecule has 0 aliphatic heterocycles. The van der Waals surface area contributed by atoms with E-state index in [0.717, 1.165) is 5.56 Å². The molecule has 0 heterocycles. The fourth-order valence-corrected chi connectivity index (χ4v) is 2.45. The van der Waals surface area contributed by atoms with Gasteiger partial charge in [-0.05, 0) is 43.3 Å². The summed E-state index contributed by atoms with van der Waals surface area (Å²) in [4.78, 5) is 14.5. The lowest BCUT2D eigenvalue weighted by molar-refractivity contribution is -0.143. The minimum absolute atomic E-state index is 0.377. The second kappa shape index (κ2) is 7.56. The first-order valence-corrected chi connectivity index (χ1v) is 7.72.